The molecule has 1 aromatic heterocycles. The number of H-pyrrole nitrogens is 1. The number of ketones is 1. The number of rotatable bonds is 7. The average Bonchev–Trinajstić information content (AvgIpc) is 2.90. The van der Waals surface area contributed by atoms with Crippen molar-refractivity contribution in [3.8, 4) is 11.6 Å². The second-order valence-corrected chi connectivity index (χ2v) is 5.04. The van der Waals surface area contributed by atoms with Gasteiger partial charge in [0.25, 0.3) is 0 Å². The van der Waals surface area contributed by atoms with Gasteiger partial charge < -0.3 is 24.9 Å². The second-order valence-electron chi connectivity index (χ2n) is 5.04. The predicted molar refractivity (Wildman–Crippen MR) is 92.4 cm³/mol. The van der Waals surface area contributed by atoms with E-state index in [9.17, 15) is 14.7 Å². The lowest BCUT2D eigenvalue weighted by atomic mass is 10.1. The molecule has 0 bridgehead atoms. The van der Waals surface area contributed by atoms with Gasteiger partial charge in [0, 0.05) is 5.39 Å². The Morgan fingerprint density at radius 3 is 2.75 bits per heavy atom. The number of halogens is 1. The molecular formula is C16H21ClN2O5. The van der Waals surface area contributed by atoms with E-state index in [4.69, 9.17) is 4.74 Å². The summed E-state index contributed by atoms with van der Waals surface area (Å²) in [6.45, 7) is 2.90. The summed E-state index contributed by atoms with van der Waals surface area (Å²) in [5.74, 6) is -0.303. The third-order valence-electron chi connectivity index (χ3n) is 3.40. The van der Waals surface area contributed by atoms with Gasteiger partial charge in [-0.25, -0.2) is 4.79 Å². The third-order valence-corrected chi connectivity index (χ3v) is 3.40. The summed E-state index contributed by atoms with van der Waals surface area (Å²) >= 11 is 0. The second kappa shape index (κ2) is 9.14. The Balaban J connectivity index is 0.00000288. The number of para-hydroxylation sites is 1. The van der Waals surface area contributed by atoms with Gasteiger partial charge in [-0.1, -0.05) is 25.5 Å². The molecule has 0 spiro atoms. The molecule has 2 rings (SSSR count). The first kappa shape index (κ1) is 19.8. The Hall–Kier alpha value is -2.25. The highest BCUT2D eigenvalue weighted by Crippen LogP contribution is 2.33. The summed E-state index contributed by atoms with van der Waals surface area (Å²) in [5.41, 5.74) is 0.550. The van der Waals surface area contributed by atoms with Crippen molar-refractivity contribution in [2.45, 2.75) is 19.8 Å². The fourth-order valence-electron chi connectivity index (χ4n) is 2.25. The highest BCUT2D eigenvalue weighted by atomic mass is 35.5. The number of nitrogens with one attached hydrogen (secondary N) is 2. The Morgan fingerprint density at radius 2 is 2.08 bits per heavy atom. The molecule has 2 aromatic rings. The lowest BCUT2D eigenvalue weighted by Crippen LogP contribution is -2.24. The number of fused-ring (bicyclic) bond motifs is 1. The van der Waals surface area contributed by atoms with Crippen LogP contribution in [0.2, 0.25) is 0 Å². The van der Waals surface area contributed by atoms with Crippen molar-refractivity contribution < 1.29 is 24.2 Å². The standard InChI is InChI=1S/C16H20N2O5.ClH/c1-3-4-8-17-9-12(20)13-10-6-5-7-11(19)14(10)18-15(13)23-16(21)22-2;/h5-7,17-19H,3-4,8-9H2,1-2H3;1H. The van der Waals surface area contributed by atoms with E-state index in [1.807, 2.05) is 0 Å². The minimum absolute atomic E-state index is 0. The molecule has 0 amide bonds. The number of aromatic nitrogens is 1. The molecule has 1 aromatic carbocycles. The van der Waals surface area contributed by atoms with Crippen LogP contribution in [0.4, 0.5) is 4.79 Å². The number of unbranched alkanes of at least 4 members (excludes halogenated alkanes) is 1. The van der Waals surface area contributed by atoms with Gasteiger partial charge >= 0.3 is 6.16 Å². The molecule has 0 fully saturated rings. The molecule has 0 saturated heterocycles. The lowest BCUT2D eigenvalue weighted by Gasteiger charge is -2.05. The smallest absolute Gasteiger partial charge is 0.506 e. The lowest BCUT2D eigenvalue weighted by molar-refractivity contribution is 0.0985. The molecule has 0 radical (unpaired) electrons. The molecule has 0 aliphatic carbocycles. The van der Waals surface area contributed by atoms with E-state index < -0.39 is 6.16 Å². The van der Waals surface area contributed by atoms with E-state index in [1.165, 1.54) is 13.2 Å². The predicted octanol–water partition coefficient (Wildman–Crippen LogP) is 3.01. The number of Topliss-reactive ketones (excluding diaryl/α,β-unsaturated/α-hetero) is 1. The van der Waals surface area contributed by atoms with Crippen molar-refractivity contribution in [2.75, 3.05) is 20.2 Å². The monoisotopic (exact) mass is 356 g/mol. The Morgan fingerprint density at radius 1 is 1.33 bits per heavy atom. The van der Waals surface area contributed by atoms with Crippen LogP contribution < -0.4 is 10.1 Å². The van der Waals surface area contributed by atoms with Gasteiger partial charge in [-0.05, 0) is 19.0 Å². The first-order chi connectivity index (χ1) is 11.1. The summed E-state index contributed by atoms with van der Waals surface area (Å²) in [4.78, 5) is 26.6. The van der Waals surface area contributed by atoms with Gasteiger partial charge in [-0.15, -0.1) is 12.4 Å². The maximum atomic E-state index is 12.5. The molecule has 8 heteroatoms. The van der Waals surface area contributed by atoms with Crippen LogP contribution in [0.5, 0.6) is 11.6 Å². The number of ether oxygens (including phenoxy) is 2. The van der Waals surface area contributed by atoms with E-state index >= 15 is 0 Å². The molecule has 0 aliphatic heterocycles. The van der Waals surface area contributed by atoms with Gasteiger partial charge in [0.15, 0.2) is 5.78 Å². The van der Waals surface area contributed by atoms with Gasteiger partial charge in [-0.3, -0.25) is 4.79 Å². The molecular weight excluding hydrogens is 336 g/mol. The summed E-state index contributed by atoms with van der Waals surface area (Å²) in [7, 11) is 1.18. The number of carbonyl (C=O) groups excluding carboxylic acids is 2. The molecule has 0 unspecified atom stereocenters. The summed E-state index contributed by atoms with van der Waals surface area (Å²) < 4.78 is 9.46. The molecule has 7 nitrogen and oxygen atoms in total. The van der Waals surface area contributed by atoms with Crippen LogP contribution in [0.3, 0.4) is 0 Å². The first-order valence-electron chi connectivity index (χ1n) is 7.41. The van der Waals surface area contributed by atoms with Crippen LogP contribution in [0.15, 0.2) is 18.2 Å². The van der Waals surface area contributed by atoms with Gasteiger partial charge in [0.1, 0.15) is 5.75 Å². The van der Waals surface area contributed by atoms with Gasteiger partial charge in [0.2, 0.25) is 5.88 Å². The maximum absolute atomic E-state index is 12.5. The maximum Gasteiger partial charge on any atom is 0.514 e. The van der Waals surface area contributed by atoms with Crippen molar-refractivity contribution in [1.82, 2.24) is 10.3 Å². The Labute approximate surface area is 145 Å². The number of benzene rings is 1. The largest absolute Gasteiger partial charge is 0.514 e. The number of phenolic OH excluding ortho intramolecular Hbond substituents is 1. The zero-order valence-corrected chi connectivity index (χ0v) is 14.4. The Kier molecular flexibility index (Phi) is 7.54. The summed E-state index contributed by atoms with van der Waals surface area (Å²) in [6.07, 6.45) is 1.05. The molecule has 132 valence electrons. The number of hydrogen-bond donors (Lipinski definition) is 3. The van der Waals surface area contributed by atoms with Crippen molar-refractivity contribution in [3.05, 3.63) is 23.8 Å². The van der Waals surface area contributed by atoms with Crippen LogP contribution in [-0.4, -0.2) is 42.2 Å². The minimum atomic E-state index is -0.941. The normalized spacial score (nSPS) is 10.2. The number of methoxy groups -OCH3 is 1. The SMILES string of the molecule is CCCCNCC(=O)c1c(OC(=O)OC)[nH]c2c(O)cccc12.Cl. The van der Waals surface area contributed by atoms with Gasteiger partial charge in [-0.2, -0.15) is 0 Å². The molecule has 0 aliphatic rings. The van der Waals surface area contributed by atoms with E-state index in [0.29, 0.717) is 10.9 Å². The topological polar surface area (TPSA) is 101 Å². The number of carbonyl (C=O) groups is 2. The fraction of sp³-hybridized carbons (Fsp3) is 0.375. The minimum Gasteiger partial charge on any atom is -0.506 e. The van der Waals surface area contributed by atoms with E-state index in [-0.39, 0.29) is 41.9 Å². The number of aromatic hydroxyl groups is 1. The highest BCUT2D eigenvalue weighted by molar-refractivity contribution is 6.12. The number of aromatic amines is 1. The first-order valence-corrected chi connectivity index (χ1v) is 7.41. The molecule has 0 saturated carbocycles. The van der Waals surface area contributed by atoms with Crippen molar-refractivity contribution >= 4 is 35.2 Å². The zero-order valence-electron chi connectivity index (χ0n) is 13.5. The van der Waals surface area contributed by atoms with E-state index in [2.05, 4.69) is 22.0 Å². The van der Waals surface area contributed by atoms with Gasteiger partial charge in [0.05, 0.1) is 24.7 Å². The quantitative estimate of drug-likeness (QED) is 0.400. The van der Waals surface area contributed by atoms with Crippen LogP contribution >= 0.6 is 12.4 Å². The summed E-state index contributed by atoms with van der Waals surface area (Å²) in [6, 6.07) is 4.78. The van der Waals surface area contributed by atoms with Crippen molar-refractivity contribution in [1.29, 1.82) is 0 Å². The molecule has 1 heterocycles. The number of hydrogen-bond acceptors (Lipinski definition) is 6. The number of phenols is 1. The van der Waals surface area contributed by atoms with Crippen molar-refractivity contribution in [3.63, 3.8) is 0 Å². The average molecular weight is 357 g/mol. The van der Waals surface area contributed by atoms with Crippen LogP contribution in [0.25, 0.3) is 10.9 Å². The third kappa shape index (κ3) is 4.39. The molecule has 24 heavy (non-hydrogen) atoms. The summed E-state index contributed by atoms with van der Waals surface area (Å²) in [5, 5.41) is 13.4. The molecule has 3 N–H and O–H groups in total. The van der Waals surface area contributed by atoms with E-state index in [0.717, 1.165) is 19.4 Å². The zero-order chi connectivity index (χ0) is 16.8. The fourth-order valence-corrected chi connectivity index (χ4v) is 2.25. The van der Waals surface area contributed by atoms with Crippen molar-refractivity contribution in [2.24, 2.45) is 0 Å². The van der Waals surface area contributed by atoms with Crippen LogP contribution in [0.1, 0.15) is 30.1 Å². The highest BCUT2D eigenvalue weighted by Gasteiger charge is 2.23. The Bertz CT molecular complexity index is 714. The van der Waals surface area contributed by atoms with Crippen LogP contribution in [0, 0.1) is 0 Å². The van der Waals surface area contributed by atoms with Crippen LogP contribution in [-0.2, 0) is 4.74 Å². The van der Waals surface area contributed by atoms with E-state index in [1.54, 1.807) is 12.1 Å². The molecule has 0 atom stereocenters.